The maximum Gasteiger partial charge on any atom is 0.240 e. The highest BCUT2D eigenvalue weighted by molar-refractivity contribution is 7.89. The van der Waals surface area contributed by atoms with Gasteiger partial charge in [0.25, 0.3) is 0 Å². The van der Waals surface area contributed by atoms with Gasteiger partial charge < -0.3 is 10.5 Å². The summed E-state index contributed by atoms with van der Waals surface area (Å²) in [7, 11) is -1.99. The van der Waals surface area contributed by atoms with Crippen LogP contribution in [-0.2, 0) is 10.0 Å². The van der Waals surface area contributed by atoms with Crippen LogP contribution in [0, 0.1) is 13.8 Å². The van der Waals surface area contributed by atoms with Gasteiger partial charge in [0, 0.05) is 6.54 Å². The molecule has 17 heavy (non-hydrogen) atoms. The zero-order valence-electron chi connectivity index (χ0n) is 10.5. The lowest BCUT2D eigenvalue weighted by atomic mass is 10.1. The molecule has 0 amide bonds. The Morgan fingerprint density at radius 3 is 2.47 bits per heavy atom. The minimum absolute atomic E-state index is 0.204. The minimum atomic E-state index is -3.50. The molecule has 5 nitrogen and oxygen atoms in total. The van der Waals surface area contributed by atoms with Gasteiger partial charge >= 0.3 is 0 Å². The van der Waals surface area contributed by atoms with Gasteiger partial charge in [-0.1, -0.05) is 6.92 Å². The summed E-state index contributed by atoms with van der Waals surface area (Å²) < 4.78 is 31.5. The molecule has 0 aliphatic carbocycles. The number of nitrogens with two attached hydrogens (primary N) is 1. The van der Waals surface area contributed by atoms with Gasteiger partial charge in [-0.25, -0.2) is 13.1 Å². The van der Waals surface area contributed by atoms with Crippen molar-refractivity contribution in [3.05, 3.63) is 17.2 Å². The molecule has 0 atom stereocenters. The minimum Gasteiger partial charge on any atom is -0.494 e. The van der Waals surface area contributed by atoms with Crippen molar-refractivity contribution < 1.29 is 13.2 Å². The third-order valence-corrected chi connectivity index (χ3v) is 4.22. The van der Waals surface area contributed by atoms with Gasteiger partial charge in [0.2, 0.25) is 10.0 Å². The highest BCUT2D eigenvalue weighted by atomic mass is 32.2. The van der Waals surface area contributed by atoms with Crippen molar-refractivity contribution in [2.24, 2.45) is 0 Å². The van der Waals surface area contributed by atoms with Crippen LogP contribution in [0.25, 0.3) is 0 Å². The van der Waals surface area contributed by atoms with Crippen molar-refractivity contribution in [2.45, 2.75) is 25.7 Å². The van der Waals surface area contributed by atoms with Crippen molar-refractivity contribution >= 4 is 15.7 Å². The number of nitrogen functional groups attached to an aromatic ring is 1. The quantitative estimate of drug-likeness (QED) is 0.795. The van der Waals surface area contributed by atoms with Gasteiger partial charge in [0.1, 0.15) is 5.75 Å². The first kappa shape index (κ1) is 13.8. The van der Waals surface area contributed by atoms with E-state index in [1.165, 1.54) is 7.11 Å². The molecule has 0 unspecified atom stereocenters. The molecule has 0 fully saturated rings. The van der Waals surface area contributed by atoms with Crippen molar-refractivity contribution in [3.63, 3.8) is 0 Å². The fourth-order valence-electron chi connectivity index (χ4n) is 1.70. The highest BCUT2D eigenvalue weighted by Gasteiger charge is 2.20. The topological polar surface area (TPSA) is 81.4 Å². The van der Waals surface area contributed by atoms with Crippen LogP contribution < -0.4 is 15.2 Å². The largest absolute Gasteiger partial charge is 0.494 e. The maximum absolute atomic E-state index is 11.9. The van der Waals surface area contributed by atoms with Gasteiger partial charge in [0.15, 0.2) is 0 Å². The van der Waals surface area contributed by atoms with Gasteiger partial charge in [-0.05, 0) is 31.0 Å². The van der Waals surface area contributed by atoms with Crippen LogP contribution >= 0.6 is 0 Å². The van der Waals surface area contributed by atoms with E-state index in [1.807, 2.05) is 0 Å². The van der Waals surface area contributed by atoms with E-state index < -0.39 is 10.0 Å². The first-order valence-corrected chi connectivity index (χ1v) is 6.76. The van der Waals surface area contributed by atoms with Crippen LogP contribution in [0.4, 0.5) is 5.69 Å². The van der Waals surface area contributed by atoms with Crippen molar-refractivity contribution in [1.29, 1.82) is 0 Å². The highest BCUT2D eigenvalue weighted by Crippen LogP contribution is 2.33. The standard InChI is InChI=1S/C11H18N2O3S/c1-5-13-17(14,15)9-6-7(2)11(16-4)10(12)8(9)3/h6,13H,5,12H2,1-4H3. The van der Waals surface area contributed by atoms with Crippen LogP contribution in [0.1, 0.15) is 18.1 Å². The number of benzene rings is 1. The summed E-state index contributed by atoms with van der Waals surface area (Å²) in [5.41, 5.74) is 7.44. The number of hydrogen-bond donors (Lipinski definition) is 2. The molecule has 1 aromatic rings. The first-order chi connectivity index (χ1) is 7.85. The average molecular weight is 258 g/mol. The number of rotatable bonds is 4. The lowest BCUT2D eigenvalue weighted by Crippen LogP contribution is -2.24. The Labute approximate surface area is 102 Å². The molecule has 0 aliphatic rings. The van der Waals surface area contributed by atoms with Crippen LogP contribution in [0.15, 0.2) is 11.0 Å². The van der Waals surface area contributed by atoms with E-state index in [2.05, 4.69) is 4.72 Å². The molecule has 3 N–H and O–H groups in total. The third kappa shape index (κ3) is 2.53. The van der Waals surface area contributed by atoms with Crippen LogP contribution in [0.2, 0.25) is 0 Å². The van der Waals surface area contributed by atoms with Crippen molar-refractivity contribution in [2.75, 3.05) is 19.4 Å². The molecular formula is C11H18N2O3S. The fraction of sp³-hybridized carbons (Fsp3) is 0.455. The van der Waals surface area contributed by atoms with E-state index in [9.17, 15) is 8.42 Å². The normalized spacial score (nSPS) is 11.5. The molecule has 6 heteroatoms. The summed E-state index contributed by atoms with van der Waals surface area (Å²) in [5, 5.41) is 0. The fourth-order valence-corrected chi connectivity index (χ4v) is 3.08. The van der Waals surface area contributed by atoms with E-state index in [0.717, 1.165) is 0 Å². The van der Waals surface area contributed by atoms with E-state index in [0.29, 0.717) is 29.1 Å². The number of aryl methyl sites for hydroxylation is 1. The molecular weight excluding hydrogens is 240 g/mol. The summed E-state index contributed by atoms with van der Waals surface area (Å²) in [4.78, 5) is 0.204. The molecule has 96 valence electrons. The van der Waals surface area contributed by atoms with Crippen LogP contribution in [0.3, 0.4) is 0 Å². The average Bonchev–Trinajstić information content (AvgIpc) is 2.24. The van der Waals surface area contributed by atoms with Gasteiger partial charge in [-0.15, -0.1) is 0 Å². The number of sulfonamides is 1. The number of ether oxygens (including phenoxy) is 1. The Morgan fingerprint density at radius 1 is 1.41 bits per heavy atom. The number of methoxy groups -OCH3 is 1. The summed E-state index contributed by atoms with van der Waals surface area (Å²) in [6, 6.07) is 1.57. The lowest BCUT2D eigenvalue weighted by molar-refractivity contribution is 0.413. The van der Waals surface area contributed by atoms with Crippen molar-refractivity contribution in [1.82, 2.24) is 4.72 Å². The third-order valence-electron chi connectivity index (χ3n) is 2.55. The molecule has 0 aliphatic heterocycles. The molecule has 0 radical (unpaired) electrons. The summed E-state index contributed by atoms with van der Waals surface area (Å²) in [6.07, 6.45) is 0. The zero-order valence-corrected chi connectivity index (χ0v) is 11.3. The molecule has 0 spiro atoms. The Hall–Kier alpha value is -1.27. The van der Waals surface area contributed by atoms with E-state index in [-0.39, 0.29) is 4.90 Å². The van der Waals surface area contributed by atoms with E-state index in [4.69, 9.17) is 10.5 Å². The predicted molar refractivity (Wildman–Crippen MR) is 67.7 cm³/mol. The SMILES string of the molecule is CCNS(=O)(=O)c1cc(C)c(OC)c(N)c1C. The molecule has 1 aromatic carbocycles. The Bertz CT molecular complexity index is 524. The van der Waals surface area contributed by atoms with Gasteiger partial charge in [-0.2, -0.15) is 0 Å². The molecule has 0 saturated carbocycles. The Morgan fingerprint density at radius 2 is 2.00 bits per heavy atom. The number of hydrogen-bond acceptors (Lipinski definition) is 4. The van der Waals surface area contributed by atoms with Gasteiger partial charge in [0.05, 0.1) is 17.7 Å². The zero-order chi connectivity index (χ0) is 13.2. The second-order valence-electron chi connectivity index (χ2n) is 3.76. The molecule has 0 bridgehead atoms. The second kappa shape index (κ2) is 4.93. The molecule has 1 rings (SSSR count). The molecule has 0 aromatic heterocycles. The predicted octanol–water partition coefficient (Wildman–Crippen LogP) is 1.19. The number of nitrogens with one attached hydrogen (secondary N) is 1. The monoisotopic (exact) mass is 258 g/mol. The van der Waals surface area contributed by atoms with E-state index in [1.54, 1.807) is 26.8 Å². The summed E-state index contributed by atoms with van der Waals surface area (Å²) in [5.74, 6) is 0.526. The van der Waals surface area contributed by atoms with Crippen LogP contribution in [-0.4, -0.2) is 22.1 Å². The summed E-state index contributed by atoms with van der Waals surface area (Å²) in [6.45, 7) is 5.50. The second-order valence-corrected chi connectivity index (χ2v) is 5.50. The lowest BCUT2D eigenvalue weighted by Gasteiger charge is -2.15. The number of anilines is 1. The smallest absolute Gasteiger partial charge is 0.240 e. The first-order valence-electron chi connectivity index (χ1n) is 5.28. The Balaban J connectivity index is 3.48. The molecule has 0 heterocycles. The van der Waals surface area contributed by atoms with Crippen LogP contribution in [0.5, 0.6) is 5.75 Å². The van der Waals surface area contributed by atoms with Crippen molar-refractivity contribution in [3.8, 4) is 5.75 Å². The van der Waals surface area contributed by atoms with E-state index >= 15 is 0 Å². The molecule has 0 saturated heterocycles. The van der Waals surface area contributed by atoms with Gasteiger partial charge in [-0.3, -0.25) is 0 Å². The Kier molecular flexibility index (Phi) is 4.00. The summed E-state index contributed by atoms with van der Waals surface area (Å²) >= 11 is 0. The maximum atomic E-state index is 11.9.